The molecule has 0 aliphatic carbocycles. The van der Waals surface area contributed by atoms with Crippen LogP contribution >= 0.6 is 11.6 Å². The number of halogens is 1. The highest BCUT2D eigenvalue weighted by molar-refractivity contribution is 6.31. The number of hydrogen-bond donors (Lipinski definition) is 1. The van der Waals surface area contributed by atoms with Crippen molar-refractivity contribution in [2.24, 2.45) is 0 Å². The molecule has 2 heterocycles. The predicted octanol–water partition coefficient (Wildman–Crippen LogP) is 1.72. The number of ether oxygens (including phenoxy) is 1. The molecule has 1 aromatic rings. The van der Waals surface area contributed by atoms with E-state index in [4.69, 9.17) is 16.3 Å². The second-order valence-electron chi connectivity index (χ2n) is 3.25. The van der Waals surface area contributed by atoms with E-state index in [1.54, 1.807) is 12.4 Å². The second kappa shape index (κ2) is 4.57. The second-order valence-corrected chi connectivity index (χ2v) is 3.61. The molecule has 14 heavy (non-hydrogen) atoms. The fourth-order valence-electron chi connectivity index (χ4n) is 1.47. The topological polar surface area (TPSA) is 47.0 Å². The van der Waals surface area contributed by atoms with Gasteiger partial charge < -0.3 is 10.1 Å². The zero-order valence-corrected chi connectivity index (χ0v) is 8.50. The van der Waals surface area contributed by atoms with Crippen molar-refractivity contribution < 1.29 is 4.74 Å². The Balaban J connectivity index is 1.99. The first-order valence-corrected chi connectivity index (χ1v) is 5.05. The molecule has 1 aliphatic heterocycles. The third kappa shape index (κ3) is 2.33. The van der Waals surface area contributed by atoms with Crippen LogP contribution in [0.25, 0.3) is 0 Å². The number of nitrogens with one attached hydrogen (secondary N) is 1. The zero-order valence-electron chi connectivity index (χ0n) is 7.74. The molecule has 0 aromatic carbocycles. The summed E-state index contributed by atoms with van der Waals surface area (Å²) < 4.78 is 5.34. The number of aromatic nitrogens is 2. The van der Waals surface area contributed by atoms with Gasteiger partial charge in [0.15, 0.2) is 11.0 Å². The van der Waals surface area contributed by atoms with Crippen molar-refractivity contribution in [2.45, 2.75) is 18.9 Å². The molecule has 1 N–H and O–H groups in total. The van der Waals surface area contributed by atoms with Gasteiger partial charge in [-0.3, -0.25) is 0 Å². The van der Waals surface area contributed by atoms with Gasteiger partial charge in [0.25, 0.3) is 0 Å². The van der Waals surface area contributed by atoms with Gasteiger partial charge in [0, 0.05) is 19.0 Å². The zero-order chi connectivity index (χ0) is 9.80. The van der Waals surface area contributed by atoms with Crippen molar-refractivity contribution in [3.63, 3.8) is 0 Å². The highest BCUT2D eigenvalue weighted by Crippen LogP contribution is 2.18. The maximum Gasteiger partial charge on any atom is 0.171 e. The van der Waals surface area contributed by atoms with E-state index >= 15 is 0 Å². The van der Waals surface area contributed by atoms with E-state index in [0.717, 1.165) is 19.4 Å². The first kappa shape index (κ1) is 9.68. The molecule has 0 bridgehead atoms. The lowest BCUT2D eigenvalue weighted by Gasteiger charge is -2.23. The summed E-state index contributed by atoms with van der Waals surface area (Å²) in [5, 5.41) is 3.63. The summed E-state index contributed by atoms with van der Waals surface area (Å²) >= 11 is 5.87. The molecule has 1 saturated heterocycles. The van der Waals surface area contributed by atoms with Crippen LogP contribution in [-0.2, 0) is 4.74 Å². The maximum absolute atomic E-state index is 5.87. The summed E-state index contributed by atoms with van der Waals surface area (Å²) in [5.74, 6) is 0.643. The molecule has 4 nitrogen and oxygen atoms in total. The molecule has 0 radical (unpaired) electrons. The molecule has 1 aromatic heterocycles. The normalized spacial score (nSPS) is 21.9. The van der Waals surface area contributed by atoms with Crippen molar-refractivity contribution in [3.05, 3.63) is 17.5 Å². The van der Waals surface area contributed by atoms with E-state index in [-0.39, 0.29) is 0 Å². The van der Waals surface area contributed by atoms with Gasteiger partial charge in [-0.2, -0.15) is 0 Å². The summed E-state index contributed by atoms with van der Waals surface area (Å²) in [6.07, 6.45) is 5.37. The van der Waals surface area contributed by atoms with Crippen molar-refractivity contribution in [2.75, 3.05) is 18.5 Å². The molecular weight excluding hydrogens is 202 g/mol. The first-order chi connectivity index (χ1) is 6.86. The molecule has 1 atom stereocenters. The average Bonchev–Trinajstić information content (AvgIpc) is 2.23. The molecule has 5 heteroatoms. The quantitative estimate of drug-likeness (QED) is 0.813. The SMILES string of the molecule is Clc1nccnc1NC1CCCOC1. The van der Waals surface area contributed by atoms with Gasteiger partial charge in [-0.05, 0) is 12.8 Å². The summed E-state index contributed by atoms with van der Waals surface area (Å²) in [6.45, 7) is 1.57. The molecule has 1 aliphatic rings. The Kier molecular flexibility index (Phi) is 3.16. The van der Waals surface area contributed by atoms with E-state index in [2.05, 4.69) is 15.3 Å². The number of anilines is 1. The largest absolute Gasteiger partial charge is 0.379 e. The summed E-state index contributed by atoms with van der Waals surface area (Å²) in [6, 6.07) is 0.304. The fourth-order valence-corrected chi connectivity index (χ4v) is 1.63. The molecule has 2 rings (SSSR count). The molecular formula is C9H12ClN3O. The Morgan fingerprint density at radius 3 is 3.00 bits per heavy atom. The Hall–Kier alpha value is -0.870. The lowest BCUT2D eigenvalue weighted by atomic mass is 10.1. The Morgan fingerprint density at radius 1 is 1.43 bits per heavy atom. The van der Waals surface area contributed by atoms with Gasteiger partial charge in [0.2, 0.25) is 0 Å². The fraction of sp³-hybridized carbons (Fsp3) is 0.556. The molecule has 0 saturated carbocycles. The van der Waals surface area contributed by atoms with Crippen LogP contribution in [0.15, 0.2) is 12.4 Å². The average molecular weight is 214 g/mol. The van der Waals surface area contributed by atoms with Crippen LogP contribution < -0.4 is 5.32 Å². The molecule has 1 fully saturated rings. The van der Waals surface area contributed by atoms with E-state index in [1.165, 1.54) is 0 Å². The first-order valence-electron chi connectivity index (χ1n) is 4.67. The van der Waals surface area contributed by atoms with Gasteiger partial charge >= 0.3 is 0 Å². The minimum absolute atomic E-state index is 0.304. The van der Waals surface area contributed by atoms with Crippen molar-refractivity contribution in [3.8, 4) is 0 Å². The Labute approximate surface area is 87.7 Å². The standard InChI is InChI=1S/C9H12ClN3O/c10-8-9(12-4-3-11-8)13-7-2-1-5-14-6-7/h3-4,7H,1-2,5-6H2,(H,12,13). The number of nitrogens with zero attached hydrogens (tertiary/aromatic N) is 2. The minimum atomic E-state index is 0.304. The van der Waals surface area contributed by atoms with Gasteiger partial charge in [0.05, 0.1) is 12.6 Å². The monoisotopic (exact) mass is 213 g/mol. The molecule has 76 valence electrons. The van der Waals surface area contributed by atoms with Crippen LogP contribution in [0.1, 0.15) is 12.8 Å². The summed E-state index contributed by atoms with van der Waals surface area (Å²) in [5.41, 5.74) is 0. The van der Waals surface area contributed by atoms with Crippen molar-refractivity contribution >= 4 is 17.4 Å². The van der Waals surface area contributed by atoms with Crippen LogP contribution in [0.5, 0.6) is 0 Å². The van der Waals surface area contributed by atoms with E-state index in [9.17, 15) is 0 Å². The Morgan fingerprint density at radius 2 is 2.29 bits per heavy atom. The van der Waals surface area contributed by atoms with E-state index in [0.29, 0.717) is 23.6 Å². The number of rotatable bonds is 2. The third-order valence-corrected chi connectivity index (χ3v) is 2.43. The van der Waals surface area contributed by atoms with Crippen LogP contribution in [0.2, 0.25) is 5.15 Å². The van der Waals surface area contributed by atoms with Crippen molar-refractivity contribution in [1.29, 1.82) is 0 Å². The highest BCUT2D eigenvalue weighted by Gasteiger charge is 2.15. The Bertz CT molecular complexity index is 302. The van der Waals surface area contributed by atoms with Gasteiger partial charge in [-0.15, -0.1) is 0 Å². The lowest BCUT2D eigenvalue weighted by Crippen LogP contribution is -2.30. The highest BCUT2D eigenvalue weighted by atomic mass is 35.5. The van der Waals surface area contributed by atoms with Crippen LogP contribution in [0.4, 0.5) is 5.82 Å². The van der Waals surface area contributed by atoms with Crippen molar-refractivity contribution in [1.82, 2.24) is 9.97 Å². The van der Waals surface area contributed by atoms with Crippen LogP contribution in [0.3, 0.4) is 0 Å². The summed E-state index contributed by atoms with van der Waals surface area (Å²) in [4.78, 5) is 8.06. The lowest BCUT2D eigenvalue weighted by molar-refractivity contribution is 0.0875. The van der Waals surface area contributed by atoms with E-state index < -0.39 is 0 Å². The van der Waals surface area contributed by atoms with Gasteiger partial charge in [0.1, 0.15) is 0 Å². The summed E-state index contributed by atoms with van der Waals surface area (Å²) in [7, 11) is 0. The number of hydrogen-bond acceptors (Lipinski definition) is 4. The van der Waals surface area contributed by atoms with Crippen LogP contribution in [-0.4, -0.2) is 29.2 Å². The van der Waals surface area contributed by atoms with Gasteiger partial charge in [-0.1, -0.05) is 11.6 Å². The smallest absolute Gasteiger partial charge is 0.171 e. The van der Waals surface area contributed by atoms with E-state index in [1.807, 2.05) is 0 Å². The van der Waals surface area contributed by atoms with Gasteiger partial charge in [-0.25, -0.2) is 9.97 Å². The minimum Gasteiger partial charge on any atom is -0.379 e. The third-order valence-electron chi connectivity index (χ3n) is 2.15. The maximum atomic E-state index is 5.87. The van der Waals surface area contributed by atoms with Crippen LogP contribution in [0, 0.1) is 0 Å². The molecule has 1 unspecified atom stereocenters. The predicted molar refractivity (Wildman–Crippen MR) is 54.5 cm³/mol. The molecule has 0 amide bonds. The molecule has 0 spiro atoms.